The van der Waals surface area contributed by atoms with E-state index in [2.05, 4.69) is 15.0 Å². The highest BCUT2D eigenvalue weighted by atomic mass is 32.1. The fraction of sp³-hybridized carbons (Fsp3) is 0.353. The molecule has 2 aromatic rings. The topological polar surface area (TPSA) is 97.1 Å². The SMILES string of the molecule is Cc1ccc(CNC(=O)c2nsc(C(=O)NCC(C)C)c2N)cc1. The van der Waals surface area contributed by atoms with Gasteiger partial charge in [0.25, 0.3) is 11.8 Å². The van der Waals surface area contributed by atoms with Crippen LogP contribution in [0.25, 0.3) is 0 Å². The Bertz CT molecular complexity index is 723. The lowest BCUT2D eigenvalue weighted by molar-refractivity contribution is 0.0946. The minimum absolute atomic E-state index is 0.0989. The number of hydrogen-bond acceptors (Lipinski definition) is 5. The number of carbonyl (C=O) groups excluding carboxylic acids is 2. The Morgan fingerprint density at radius 3 is 2.46 bits per heavy atom. The van der Waals surface area contributed by atoms with E-state index < -0.39 is 0 Å². The number of amides is 2. The fourth-order valence-electron chi connectivity index (χ4n) is 1.97. The number of nitrogens with two attached hydrogens (primary N) is 1. The van der Waals surface area contributed by atoms with Gasteiger partial charge in [-0.05, 0) is 29.9 Å². The quantitative estimate of drug-likeness (QED) is 0.748. The van der Waals surface area contributed by atoms with Crippen molar-refractivity contribution >= 4 is 29.0 Å². The van der Waals surface area contributed by atoms with Crippen molar-refractivity contribution in [2.45, 2.75) is 27.3 Å². The van der Waals surface area contributed by atoms with Gasteiger partial charge in [-0.25, -0.2) is 0 Å². The highest BCUT2D eigenvalue weighted by molar-refractivity contribution is 7.09. The van der Waals surface area contributed by atoms with E-state index in [1.54, 1.807) is 0 Å². The first-order chi connectivity index (χ1) is 11.4. The highest BCUT2D eigenvalue weighted by Crippen LogP contribution is 2.21. The Morgan fingerprint density at radius 1 is 1.17 bits per heavy atom. The Hall–Kier alpha value is -2.41. The number of nitrogen functional groups attached to an aromatic ring is 1. The third-order valence-electron chi connectivity index (χ3n) is 3.39. The second-order valence-electron chi connectivity index (χ2n) is 6.05. The Morgan fingerprint density at radius 2 is 1.83 bits per heavy atom. The van der Waals surface area contributed by atoms with E-state index in [1.807, 2.05) is 45.0 Å². The van der Waals surface area contributed by atoms with Gasteiger partial charge in [-0.1, -0.05) is 43.7 Å². The number of anilines is 1. The van der Waals surface area contributed by atoms with Crippen molar-refractivity contribution in [1.29, 1.82) is 0 Å². The van der Waals surface area contributed by atoms with Crippen molar-refractivity contribution in [3.05, 3.63) is 46.0 Å². The smallest absolute Gasteiger partial charge is 0.273 e. The van der Waals surface area contributed by atoms with Gasteiger partial charge in [0.15, 0.2) is 5.69 Å². The molecule has 0 bridgehead atoms. The molecule has 24 heavy (non-hydrogen) atoms. The molecule has 0 aliphatic heterocycles. The van der Waals surface area contributed by atoms with Crippen LogP contribution >= 0.6 is 11.5 Å². The number of rotatable bonds is 6. The fourth-order valence-corrected chi connectivity index (χ4v) is 2.69. The second kappa shape index (κ2) is 7.92. The molecule has 0 aliphatic rings. The van der Waals surface area contributed by atoms with Gasteiger partial charge in [-0.2, -0.15) is 4.37 Å². The van der Waals surface area contributed by atoms with Gasteiger partial charge in [-0.3, -0.25) is 9.59 Å². The Balaban J connectivity index is 2.00. The number of hydrogen-bond donors (Lipinski definition) is 3. The highest BCUT2D eigenvalue weighted by Gasteiger charge is 2.21. The number of benzene rings is 1. The standard InChI is InChI=1S/C17H22N4O2S/c1-10(2)8-19-17(23)15-13(18)14(21-24-15)16(22)20-9-12-6-4-11(3)5-7-12/h4-7,10H,8-9,18H2,1-3H3,(H,19,23)(H,20,22). The van der Waals surface area contributed by atoms with Crippen LogP contribution in [0.2, 0.25) is 0 Å². The van der Waals surface area contributed by atoms with Crippen LogP contribution in [0.4, 0.5) is 5.69 Å². The van der Waals surface area contributed by atoms with Crippen LogP contribution < -0.4 is 16.4 Å². The van der Waals surface area contributed by atoms with Crippen LogP contribution in [0, 0.1) is 12.8 Å². The van der Waals surface area contributed by atoms with Gasteiger partial charge in [0.05, 0.1) is 5.69 Å². The van der Waals surface area contributed by atoms with Crippen molar-refractivity contribution in [2.24, 2.45) is 5.92 Å². The zero-order valence-electron chi connectivity index (χ0n) is 14.1. The molecule has 128 valence electrons. The third-order valence-corrected chi connectivity index (χ3v) is 4.26. The zero-order chi connectivity index (χ0) is 17.7. The maximum Gasteiger partial charge on any atom is 0.273 e. The van der Waals surface area contributed by atoms with E-state index in [1.165, 1.54) is 0 Å². The molecule has 0 spiro atoms. The summed E-state index contributed by atoms with van der Waals surface area (Å²) in [6, 6.07) is 7.86. The van der Waals surface area contributed by atoms with Crippen LogP contribution in [0.3, 0.4) is 0 Å². The molecule has 1 heterocycles. The van der Waals surface area contributed by atoms with Gasteiger partial charge < -0.3 is 16.4 Å². The van der Waals surface area contributed by atoms with E-state index in [0.29, 0.717) is 19.0 Å². The second-order valence-corrected chi connectivity index (χ2v) is 6.82. The van der Waals surface area contributed by atoms with Crippen molar-refractivity contribution in [3.63, 3.8) is 0 Å². The summed E-state index contributed by atoms with van der Waals surface area (Å²) in [4.78, 5) is 24.6. The number of carbonyl (C=O) groups is 2. The van der Waals surface area contributed by atoms with Crippen molar-refractivity contribution in [1.82, 2.24) is 15.0 Å². The monoisotopic (exact) mass is 346 g/mol. The van der Waals surface area contributed by atoms with Gasteiger partial charge in [-0.15, -0.1) is 0 Å². The normalized spacial score (nSPS) is 10.7. The maximum absolute atomic E-state index is 12.2. The summed E-state index contributed by atoms with van der Waals surface area (Å²) in [6.07, 6.45) is 0. The molecule has 4 N–H and O–H groups in total. The summed E-state index contributed by atoms with van der Waals surface area (Å²) in [5.74, 6) is -0.344. The van der Waals surface area contributed by atoms with E-state index >= 15 is 0 Å². The molecular weight excluding hydrogens is 324 g/mol. The van der Waals surface area contributed by atoms with Gasteiger partial charge in [0, 0.05) is 13.1 Å². The molecule has 0 aliphatic carbocycles. The lowest BCUT2D eigenvalue weighted by Crippen LogP contribution is -2.28. The molecule has 2 amide bonds. The van der Waals surface area contributed by atoms with Crippen LogP contribution in [0.15, 0.2) is 24.3 Å². The van der Waals surface area contributed by atoms with E-state index in [4.69, 9.17) is 5.73 Å². The first kappa shape index (κ1) is 17.9. The number of nitrogens with zero attached hydrogens (tertiary/aromatic N) is 1. The number of aryl methyl sites for hydroxylation is 1. The van der Waals surface area contributed by atoms with E-state index in [9.17, 15) is 9.59 Å². The molecule has 2 rings (SSSR count). The minimum Gasteiger partial charge on any atom is -0.395 e. The van der Waals surface area contributed by atoms with Crippen LogP contribution in [0.5, 0.6) is 0 Å². The molecular formula is C17H22N4O2S. The molecule has 0 saturated carbocycles. The lowest BCUT2D eigenvalue weighted by Gasteiger charge is -2.07. The van der Waals surface area contributed by atoms with Crippen molar-refractivity contribution in [3.8, 4) is 0 Å². The molecule has 7 heteroatoms. The van der Waals surface area contributed by atoms with Crippen molar-refractivity contribution in [2.75, 3.05) is 12.3 Å². The molecule has 6 nitrogen and oxygen atoms in total. The largest absolute Gasteiger partial charge is 0.395 e. The average molecular weight is 346 g/mol. The van der Waals surface area contributed by atoms with Crippen molar-refractivity contribution < 1.29 is 9.59 Å². The molecule has 0 unspecified atom stereocenters. The van der Waals surface area contributed by atoms with Crippen LogP contribution in [-0.4, -0.2) is 22.7 Å². The minimum atomic E-state index is -0.382. The molecule has 1 aromatic carbocycles. The predicted octanol–water partition coefficient (Wildman–Crippen LogP) is 2.35. The Kier molecular flexibility index (Phi) is 5.92. The summed E-state index contributed by atoms with van der Waals surface area (Å²) in [5.41, 5.74) is 8.30. The summed E-state index contributed by atoms with van der Waals surface area (Å²) in [5, 5.41) is 5.55. The van der Waals surface area contributed by atoms with E-state index in [-0.39, 0.29) is 28.1 Å². The summed E-state index contributed by atoms with van der Waals surface area (Å²) >= 11 is 0.940. The number of nitrogens with one attached hydrogen (secondary N) is 2. The predicted molar refractivity (Wildman–Crippen MR) is 96.0 cm³/mol. The van der Waals surface area contributed by atoms with Crippen LogP contribution in [0.1, 0.15) is 45.1 Å². The molecule has 0 atom stereocenters. The Labute approximate surface area is 145 Å². The average Bonchev–Trinajstić information content (AvgIpc) is 2.93. The summed E-state index contributed by atoms with van der Waals surface area (Å²) in [6.45, 7) is 6.93. The summed E-state index contributed by atoms with van der Waals surface area (Å²) < 4.78 is 4.03. The first-order valence-corrected chi connectivity index (χ1v) is 8.53. The lowest BCUT2D eigenvalue weighted by atomic mass is 10.1. The van der Waals surface area contributed by atoms with Gasteiger partial charge >= 0.3 is 0 Å². The molecule has 0 radical (unpaired) electrons. The van der Waals surface area contributed by atoms with Crippen LogP contribution in [-0.2, 0) is 6.54 Å². The summed E-state index contributed by atoms with van der Waals surface area (Å²) in [7, 11) is 0. The van der Waals surface area contributed by atoms with E-state index in [0.717, 1.165) is 22.7 Å². The maximum atomic E-state index is 12.2. The molecule has 0 saturated heterocycles. The van der Waals surface area contributed by atoms with Gasteiger partial charge in [0.2, 0.25) is 0 Å². The molecule has 0 fully saturated rings. The molecule has 1 aromatic heterocycles. The number of aromatic nitrogens is 1. The third kappa shape index (κ3) is 4.55. The first-order valence-electron chi connectivity index (χ1n) is 7.75. The zero-order valence-corrected chi connectivity index (χ0v) is 14.9. The van der Waals surface area contributed by atoms with Gasteiger partial charge in [0.1, 0.15) is 4.88 Å².